The summed E-state index contributed by atoms with van der Waals surface area (Å²) in [5.74, 6) is 1.07. The lowest BCUT2D eigenvalue weighted by molar-refractivity contribution is -0.268. The first-order valence-electron chi connectivity index (χ1n) is 9.31. The Morgan fingerprint density at radius 1 is 1.14 bits per heavy atom. The van der Waals surface area contributed by atoms with Crippen LogP contribution in [0.15, 0.2) is 42.5 Å². The number of halogens is 1. The number of hydrogen-bond acceptors (Lipinski definition) is 5. The first-order valence-corrected chi connectivity index (χ1v) is 9.31. The van der Waals surface area contributed by atoms with Crippen LogP contribution in [0.1, 0.15) is 23.5 Å². The van der Waals surface area contributed by atoms with Crippen molar-refractivity contribution >= 4 is 6.09 Å². The summed E-state index contributed by atoms with van der Waals surface area (Å²) >= 11 is 0. The van der Waals surface area contributed by atoms with Gasteiger partial charge in [-0.1, -0.05) is 18.2 Å². The number of carboxylic acid groups (broad SMARTS) is 1. The fourth-order valence-corrected chi connectivity index (χ4v) is 3.72. The number of nitrogens with zero attached hydrogens (tertiary/aromatic N) is 1. The lowest BCUT2D eigenvalue weighted by atomic mass is 9.87. The molecular weight excluding hydrogens is 365 g/mol. The average molecular weight is 386 g/mol. The molecule has 28 heavy (non-hydrogen) atoms. The molecule has 4 rings (SSSR count). The summed E-state index contributed by atoms with van der Waals surface area (Å²) in [7, 11) is 0. The van der Waals surface area contributed by atoms with Crippen LogP contribution in [0.4, 0.5) is 9.18 Å². The van der Waals surface area contributed by atoms with Gasteiger partial charge in [0.15, 0.2) is 11.5 Å². The van der Waals surface area contributed by atoms with E-state index in [1.54, 1.807) is 12.1 Å². The average Bonchev–Trinajstić information content (AvgIpc) is 2.72. The van der Waals surface area contributed by atoms with Crippen molar-refractivity contribution in [1.82, 2.24) is 4.90 Å². The van der Waals surface area contributed by atoms with Gasteiger partial charge in [0.2, 0.25) is 0 Å². The molecule has 0 radical (unpaired) electrons. The Hall–Kier alpha value is -2.80. The zero-order valence-corrected chi connectivity index (χ0v) is 15.3. The van der Waals surface area contributed by atoms with Gasteiger partial charge in [-0.25, -0.2) is 4.39 Å². The molecule has 0 aliphatic carbocycles. The molecule has 2 atom stereocenters. The van der Waals surface area contributed by atoms with Crippen LogP contribution >= 0.6 is 0 Å². The summed E-state index contributed by atoms with van der Waals surface area (Å²) in [4.78, 5) is 12.6. The van der Waals surface area contributed by atoms with Gasteiger partial charge in [0, 0.05) is 19.0 Å². The molecule has 2 aromatic carbocycles. The van der Waals surface area contributed by atoms with E-state index in [4.69, 9.17) is 14.2 Å². The number of piperidine rings is 1. The molecule has 0 N–H and O–H groups in total. The van der Waals surface area contributed by atoms with E-state index in [1.807, 2.05) is 18.2 Å². The third kappa shape index (κ3) is 4.04. The number of likely N-dealkylation sites (tertiary alicyclic amines) is 1. The van der Waals surface area contributed by atoms with Crippen LogP contribution in [0, 0.1) is 5.82 Å². The molecule has 0 saturated carbocycles. The summed E-state index contributed by atoms with van der Waals surface area (Å²) < 4.78 is 30.5. The van der Waals surface area contributed by atoms with Gasteiger partial charge < -0.3 is 29.0 Å². The second-order valence-corrected chi connectivity index (χ2v) is 6.99. The maximum absolute atomic E-state index is 13.3. The second-order valence-electron chi connectivity index (χ2n) is 6.99. The largest absolute Gasteiger partial charge is 0.530 e. The Balaban J connectivity index is 1.49. The Labute approximate surface area is 162 Å². The quantitative estimate of drug-likeness (QED) is 0.807. The number of carbonyl (C=O) groups excluding carboxylic acids is 1. The molecule has 0 spiro atoms. The molecular formula is C21H21FNO5-. The van der Waals surface area contributed by atoms with Crippen LogP contribution < -0.4 is 14.6 Å². The van der Waals surface area contributed by atoms with E-state index in [9.17, 15) is 14.3 Å². The molecule has 7 heteroatoms. The fourth-order valence-electron chi connectivity index (χ4n) is 3.72. The first kappa shape index (κ1) is 18.6. The second kappa shape index (κ2) is 8.06. The highest BCUT2D eigenvalue weighted by atomic mass is 19.1. The minimum Gasteiger partial charge on any atom is -0.530 e. The third-order valence-electron chi connectivity index (χ3n) is 5.19. The third-order valence-corrected chi connectivity index (χ3v) is 5.19. The van der Waals surface area contributed by atoms with E-state index in [-0.39, 0.29) is 24.4 Å². The van der Waals surface area contributed by atoms with Gasteiger partial charge in [-0.2, -0.15) is 0 Å². The van der Waals surface area contributed by atoms with Crippen molar-refractivity contribution in [3.05, 3.63) is 59.4 Å². The summed E-state index contributed by atoms with van der Waals surface area (Å²) in [6.45, 7) is 1.93. The number of hydrogen-bond donors (Lipinski definition) is 0. The van der Waals surface area contributed by atoms with Crippen molar-refractivity contribution in [3.63, 3.8) is 0 Å². The van der Waals surface area contributed by atoms with Crippen molar-refractivity contribution < 1.29 is 28.5 Å². The molecule has 1 amide bonds. The monoisotopic (exact) mass is 386 g/mol. The smallest absolute Gasteiger partial charge is 0.161 e. The van der Waals surface area contributed by atoms with E-state index in [2.05, 4.69) is 0 Å². The molecule has 1 fully saturated rings. The van der Waals surface area contributed by atoms with Crippen molar-refractivity contribution in [2.75, 3.05) is 26.3 Å². The van der Waals surface area contributed by atoms with Gasteiger partial charge in [0.25, 0.3) is 0 Å². The Morgan fingerprint density at radius 2 is 1.89 bits per heavy atom. The van der Waals surface area contributed by atoms with Gasteiger partial charge >= 0.3 is 0 Å². The molecule has 1 saturated heterocycles. The zero-order chi connectivity index (χ0) is 19.5. The summed E-state index contributed by atoms with van der Waals surface area (Å²) in [5, 5.41) is 11.3. The molecule has 6 nitrogen and oxygen atoms in total. The predicted octanol–water partition coefficient (Wildman–Crippen LogP) is 2.31. The highest BCUT2D eigenvalue weighted by molar-refractivity contribution is 5.62. The Morgan fingerprint density at radius 3 is 2.64 bits per heavy atom. The molecule has 148 valence electrons. The van der Waals surface area contributed by atoms with Crippen molar-refractivity contribution in [3.8, 4) is 11.5 Å². The Bertz CT molecular complexity index is 841. The van der Waals surface area contributed by atoms with Gasteiger partial charge in [0.05, 0.1) is 12.7 Å². The maximum atomic E-state index is 13.3. The molecule has 2 aliphatic heterocycles. The predicted molar refractivity (Wildman–Crippen MR) is 96.7 cm³/mol. The lowest BCUT2D eigenvalue weighted by Crippen LogP contribution is -2.51. The summed E-state index contributed by atoms with van der Waals surface area (Å²) in [6, 6.07) is 11.9. The first-order chi connectivity index (χ1) is 13.6. The maximum Gasteiger partial charge on any atom is 0.161 e. The van der Waals surface area contributed by atoms with Crippen LogP contribution in [0.2, 0.25) is 0 Å². The summed E-state index contributed by atoms with van der Waals surface area (Å²) in [6.07, 6.45) is -0.971. The topological polar surface area (TPSA) is 71.1 Å². The van der Waals surface area contributed by atoms with E-state index in [0.29, 0.717) is 44.3 Å². The van der Waals surface area contributed by atoms with Crippen molar-refractivity contribution in [2.24, 2.45) is 0 Å². The number of carbonyl (C=O) groups is 1. The van der Waals surface area contributed by atoms with Crippen LogP contribution in [-0.2, 0) is 11.3 Å². The van der Waals surface area contributed by atoms with E-state index in [0.717, 1.165) is 11.1 Å². The van der Waals surface area contributed by atoms with E-state index in [1.165, 1.54) is 17.0 Å². The van der Waals surface area contributed by atoms with Gasteiger partial charge in [-0.05, 0) is 41.8 Å². The number of rotatable bonds is 4. The molecule has 2 unspecified atom stereocenters. The van der Waals surface area contributed by atoms with Crippen LogP contribution in [0.25, 0.3) is 0 Å². The highest BCUT2D eigenvalue weighted by Gasteiger charge is 2.31. The van der Waals surface area contributed by atoms with Crippen LogP contribution in [0.5, 0.6) is 11.5 Å². The molecule has 2 heterocycles. The van der Waals surface area contributed by atoms with Crippen LogP contribution in [-0.4, -0.2) is 43.4 Å². The Kier molecular flexibility index (Phi) is 5.34. The normalized spacial score (nSPS) is 21.4. The van der Waals surface area contributed by atoms with Crippen molar-refractivity contribution in [1.29, 1.82) is 0 Å². The minimum absolute atomic E-state index is 0.0200. The molecule has 2 aromatic rings. The highest BCUT2D eigenvalue weighted by Crippen LogP contribution is 2.33. The minimum atomic E-state index is -1.20. The zero-order valence-electron chi connectivity index (χ0n) is 15.3. The number of ether oxygens (including phenoxy) is 3. The SMILES string of the molecule is O=C([O-])N1CCC(c2ccc(F)cc2)C(OCc2ccc3c(c2)OCCO3)C1. The fraction of sp³-hybridized carbons (Fsp3) is 0.381. The van der Waals surface area contributed by atoms with Crippen LogP contribution in [0.3, 0.4) is 0 Å². The number of benzene rings is 2. The summed E-state index contributed by atoms with van der Waals surface area (Å²) in [5.41, 5.74) is 1.85. The van der Waals surface area contributed by atoms with Gasteiger partial charge in [-0.3, -0.25) is 0 Å². The van der Waals surface area contributed by atoms with Gasteiger partial charge in [-0.15, -0.1) is 0 Å². The van der Waals surface area contributed by atoms with E-state index < -0.39 is 6.09 Å². The van der Waals surface area contributed by atoms with E-state index >= 15 is 0 Å². The molecule has 2 aliphatic rings. The number of fused-ring (bicyclic) bond motifs is 1. The van der Waals surface area contributed by atoms with Gasteiger partial charge in [0.1, 0.15) is 25.1 Å². The molecule has 0 aromatic heterocycles. The molecule has 0 bridgehead atoms. The standard InChI is InChI=1S/C21H22FNO5/c22-16-4-2-15(3-5-16)17-7-8-23(21(24)25)12-20(17)28-13-14-1-6-18-19(11-14)27-10-9-26-18/h1-6,11,17,20H,7-10,12-13H2,(H,24,25)/p-1. The van der Waals surface area contributed by atoms with Crippen molar-refractivity contribution in [2.45, 2.75) is 25.0 Å². The lowest BCUT2D eigenvalue weighted by Gasteiger charge is -2.40. The number of amides is 1.